The van der Waals surface area contributed by atoms with Crippen LogP contribution in [-0.4, -0.2) is 18.4 Å². The van der Waals surface area contributed by atoms with E-state index >= 15 is 0 Å². The van der Waals surface area contributed by atoms with E-state index in [1.807, 2.05) is 37.3 Å². The molecule has 3 aromatic carbocycles. The van der Waals surface area contributed by atoms with Crippen molar-refractivity contribution in [1.29, 1.82) is 0 Å². The fourth-order valence-corrected chi connectivity index (χ4v) is 3.28. The van der Waals surface area contributed by atoms with Crippen LogP contribution in [0.1, 0.15) is 27.0 Å². The molecule has 0 aliphatic rings. The van der Waals surface area contributed by atoms with Crippen LogP contribution in [0.25, 0.3) is 0 Å². The maximum Gasteiger partial charge on any atom is 0.349 e. The van der Waals surface area contributed by atoms with Gasteiger partial charge in [-0.25, -0.2) is 4.79 Å². The van der Waals surface area contributed by atoms with Gasteiger partial charge >= 0.3 is 5.97 Å². The minimum absolute atomic E-state index is 0.0749. The Balaban J connectivity index is 1.64. The van der Waals surface area contributed by atoms with E-state index in [1.165, 1.54) is 0 Å². The van der Waals surface area contributed by atoms with E-state index in [0.29, 0.717) is 28.2 Å². The number of hydrogen-bond acceptors (Lipinski definition) is 4. The van der Waals surface area contributed by atoms with Gasteiger partial charge in [-0.3, -0.25) is 4.79 Å². The number of ether oxygens (including phenoxy) is 2. The zero-order chi connectivity index (χ0) is 20.1. The molecule has 0 heterocycles. The number of hydrogen-bond donors (Lipinski definition) is 0. The fourth-order valence-electron chi connectivity index (χ4n) is 2.67. The largest absolute Gasteiger partial charge is 0.481 e. The van der Waals surface area contributed by atoms with Gasteiger partial charge in [0.1, 0.15) is 11.5 Å². The average Bonchev–Trinajstić information content (AvgIpc) is 2.69. The predicted octanol–water partition coefficient (Wildman–Crippen LogP) is 5.28. The zero-order valence-corrected chi connectivity index (χ0v) is 17.2. The molecule has 3 rings (SSSR count). The van der Waals surface area contributed by atoms with Gasteiger partial charge in [0, 0.05) is 11.1 Å². The SMILES string of the molecule is Cc1ccc(OCC(=O)Oc2ccc(C(=O)c3ccccc3)cc2C)c(Br)c1. The molecular weight excluding hydrogens is 420 g/mol. The van der Waals surface area contributed by atoms with Crippen LogP contribution in [0, 0.1) is 13.8 Å². The minimum Gasteiger partial charge on any atom is -0.481 e. The van der Waals surface area contributed by atoms with E-state index in [1.54, 1.807) is 43.3 Å². The number of halogens is 1. The van der Waals surface area contributed by atoms with Gasteiger partial charge in [-0.2, -0.15) is 0 Å². The van der Waals surface area contributed by atoms with Gasteiger partial charge in [0.25, 0.3) is 0 Å². The molecule has 0 radical (unpaired) electrons. The summed E-state index contributed by atoms with van der Waals surface area (Å²) in [5, 5.41) is 0. The maximum absolute atomic E-state index is 12.5. The van der Waals surface area contributed by atoms with Gasteiger partial charge in [0.05, 0.1) is 4.47 Å². The smallest absolute Gasteiger partial charge is 0.349 e. The summed E-state index contributed by atoms with van der Waals surface area (Å²) >= 11 is 3.41. The third kappa shape index (κ3) is 4.87. The van der Waals surface area contributed by atoms with E-state index in [0.717, 1.165) is 10.0 Å². The molecule has 0 aliphatic carbocycles. The highest BCUT2D eigenvalue weighted by Gasteiger charge is 2.13. The Bertz CT molecular complexity index is 1010. The first-order chi connectivity index (χ1) is 13.4. The standard InChI is InChI=1S/C23H19BrO4/c1-15-8-10-21(19(24)12-15)27-14-22(25)28-20-11-9-18(13-16(20)2)23(26)17-6-4-3-5-7-17/h3-13H,14H2,1-2H3. The second-order valence-electron chi connectivity index (χ2n) is 6.37. The Kier molecular flexibility index (Phi) is 6.26. The van der Waals surface area contributed by atoms with Gasteiger partial charge in [0.2, 0.25) is 0 Å². The lowest BCUT2D eigenvalue weighted by Gasteiger charge is -2.11. The summed E-state index contributed by atoms with van der Waals surface area (Å²) in [4.78, 5) is 24.6. The Morgan fingerprint density at radius 1 is 0.857 bits per heavy atom. The van der Waals surface area contributed by atoms with Gasteiger partial charge in [-0.15, -0.1) is 0 Å². The molecule has 0 unspecified atom stereocenters. The zero-order valence-electron chi connectivity index (χ0n) is 15.6. The number of carbonyl (C=O) groups is 2. The quantitative estimate of drug-likeness (QED) is 0.298. The predicted molar refractivity (Wildman–Crippen MR) is 111 cm³/mol. The van der Waals surface area contributed by atoms with Gasteiger partial charge in [0.15, 0.2) is 12.4 Å². The Labute approximate surface area is 172 Å². The van der Waals surface area contributed by atoms with Crippen molar-refractivity contribution in [2.45, 2.75) is 13.8 Å². The fraction of sp³-hybridized carbons (Fsp3) is 0.130. The van der Waals surface area contributed by atoms with Crippen molar-refractivity contribution in [1.82, 2.24) is 0 Å². The lowest BCUT2D eigenvalue weighted by atomic mass is 10.0. The van der Waals surface area contributed by atoms with Crippen molar-refractivity contribution in [3.63, 3.8) is 0 Å². The molecule has 28 heavy (non-hydrogen) atoms. The van der Waals surface area contributed by atoms with Crippen LogP contribution >= 0.6 is 15.9 Å². The summed E-state index contributed by atoms with van der Waals surface area (Å²) in [5.41, 5.74) is 2.95. The van der Waals surface area contributed by atoms with Crippen LogP contribution < -0.4 is 9.47 Å². The molecule has 0 aromatic heterocycles. The Morgan fingerprint density at radius 3 is 2.25 bits per heavy atom. The molecule has 0 saturated heterocycles. The molecule has 142 valence electrons. The van der Waals surface area contributed by atoms with Crippen LogP contribution in [0.15, 0.2) is 71.2 Å². The van der Waals surface area contributed by atoms with Crippen LogP contribution in [0.2, 0.25) is 0 Å². The highest BCUT2D eigenvalue weighted by Crippen LogP contribution is 2.26. The molecule has 0 N–H and O–H groups in total. The molecule has 3 aromatic rings. The number of carbonyl (C=O) groups excluding carboxylic acids is 2. The van der Waals surface area contributed by atoms with Crippen LogP contribution in [-0.2, 0) is 4.79 Å². The Morgan fingerprint density at radius 2 is 1.57 bits per heavy atom. The average molecular weight is 439 g/mol. The molecule has 5 heteroatoms. The molecule has 0 bridgehead atoms. The summed E-state index contributed by atoms with van der Waals surface area (Å²) < 4.78 is 11.7. The topological polar surface area (TPSA) is 52.6 Å². The second kappa shape index (κ2) is 8.85. The number of ketones is 1. The molecule has 4 nitrogen and oxygen atoms in total. The third-order valence-corrected chi connectivity index (χ3v) is 4.75. The maximum atomic E-state index is 12.5. The van der Waals surface area contributed by atoms with Crippen molar-refractivity contribution >= 4 is 27.7 Å². The molecule has 0 amide bonds. The van der Waals surface area contributed by atoms with E-state index in [-0.39, 0.29) is 12.4 Å². The molecular formula is C23H19BrO4. The van der Waals surface area contributed by atoms with Crippen molar-refractivity contribution in [2.24, 2.45) is 0 Å². The van der Waals surface area contributed by atoms with Crippen molar-refractivity contribution in [2.75, 3.05) is 6.61 Å². The number of rotatable bonds is 6. The Hall–Kier alpha value is -2.92. The molecule has 0 spiro atoms. The third-order valence-electron chi connectivity index (χ3n) is 4.13. The van der Waals surface area contributed by atoms with Crippen molar-refractivity contribution in [3.8, 4) is 11.5 Å². The van der Waals surface area contributed by atoms with Crippen LogP contribution in [0.4, 0.5) is 0 Å². The molecule has 0 aliphatic heterocycles. The first-order valence-corrected chi connectivity index (χ1v) is 9.53. The lowest BCUT2D eigenvalue weighted by molar-refractivity contribution is -0.136. The first kappa shape index (κ1) is 19.8. The summed E-state index contributed by atoms with van der Waals surface area (Å²) in [5.74, 6) is 0.385. The van der Waals surface area contributed by atoms with E-state index in [9.17, 15) is 9.59 Å². The van der Waals surface area contributed by atoms with Crippen LogP contribution in [0.3, 0.4) is 0 Å². The highest BCUT2D eigenvalue weighted by atomic mass is 79.9. The molecule has 0 saturated carbocycles. The van der Waals surface area contributed by atoms with E-state index in [4.69, 9.17) is 9.47 Å². The van der Waals surface area contributed by atoms with Crippen LogP contribution in [0.5, 0.6) is 11.5 Å². The summed E-state index contributed by atoms with van der Waals surface area (Å²) in [6.07, 6.45) is 0. The second-order valence-corrected chi connectivity index (χ2v) is 7.23. The number of esters is 1. The van der Waals surface area contributed by atoms with E-state index < -0.39 is 5.97 Å². The van der Waals surface area contributed by atoms with Gasteiger partial charge in [-0.05, 0) is 71.2 Å². The lowest BCUT2D eigenvalue weighted by Crippen LogP contribution is -2.18. The molecule has 0 atom stereocenters. The van der Waals surface area contributed by atoms with Gasteiger partial charge in [-0.1, -0.05) is 36.4 Å². The summed E-state index contributed by atoms with van der Waals surface area (Å²) in [6, 6.07) is 19.7. The van der Waals surface area contributed by atoms with E-state index in [2.05, 4.69) is 15.9 Å². The summed E-state index contributed by atoms with van der Waals surface area (Å²) in [7, 11) is 0. The monoisotopic (exact) mass is 438 g/mol. The number of benzene rings is 3. The van der Waals surface area contributed by atoms with Crippen molar-refractivity contribution < 1.29 is 19.1 Å². The minimum atomic E-state index is -0.516. The normalized spacial score (nSPS) is 10.4. The highest BCUT2D eigenvalue weighted by molar-refractivity contribution is 9.10. The van der Waals surface area contributed by atoms with Crippen molar-refractivity contribution in [3.05, 3.63) is 93.5 Å². The number of aryl methyl sites for hydroxylation is 2. The molecule has 0 fully saturated rings. The first-order valence-electron chi connectivity index (χ1n) is 8.74. The summed E-state index contributed by atoms with van der Waals surface area (Å²) in [6.45, 7) is 3.55. The van der Waals surface area contributed by atoms with Gasteiger partial charge < -0.3 is 9.47 Å².